The Hall–Kier alpha value is -1.09. The van der Waals surface area contributed by atoms with Crippen molar-refractivity contribution in [3.05, 3.63) is 24.3 Å². The molecule has 7 nitrogen and oxygen atoms in total. The Labute approximate surface area is 196 Å². The number of hydrogen-bond acceptors (Lipinski definition) is 7. The summed E-state index contributed by atoms with van der Waals surface area (Å²) in [6, 6.07) is 0. The highest BCUT2D eigenvalue weighted by Gasteiger charge is 2.59. The molecule has 0 radical (unpaired) electrons. The van der Waals surface area contributed by atoms with Gasteiger partial charge in [-0.15, -0.1) is 6.58 Å². The Balaban J connectivity index is 1.55. The molecule has 3 fully saturated rings. The molecule has 1 heterocycles. The van der Waals surface area contributed by atoms with Crippen molar-refractivity contribution in [2.24, 2.45) is 28.1 Å². The molecule has 4 aliphatic rings. The van der Waals surface area contributed by atoms with Crippen molar-refractivity contribution in [3.63, 3.8) is 0 Å². The molecule has 3 aliphatic carbocycles. The van der Waals surface area contributed by atoms with E-state index in [-0.39, 0.29) is 29.1 Å². The standard InChI is InChI=1S/C26H40O7/c1-5-24(2)10-8-16-15(12-24)6-7-18-25(16,3)11-9-19(28)26(18,4)14-32-23-22(31)21(30)20(29)17(13-27)33-23/h5-6,16-18,20-23,27,29-31H,1,7-14H2,2-4H3. The van der Waals surface area contributed by atoms with E-state index < -0.39 is 42.7 Å². The minimum Gasteiger partial charge on any atom is -0.394 e. The second-order valence-corrected chi connectivity index (χ2v) is 11.5. The van der Waals surface area contributed by atoms with E-state index in [0.29, 0.717) is 12.3 Å². The summed E-state index contributed by atoms with van der Waals surface area (Å²) in [6.45, 7) is 10.1. The number of carbonyl (C=O) groups is 1. The lowest BCUT2D eigenvalue weighted by Crippen LogP contribution is -2.61. The first-order valence-electron chi connectivity index (χ1n) is 12.3. The number of hydrogen-bond donors (Lipinski definition) is 4. The fourth-order valence-electron chi connectivity index (χ4n) is 7.10. The monoisotopic (exact) mass is 464 g/mol. The van der Waals surface area contributed by atoms with Crippen molar-refractivity contribution < 1.29 is 34.7 Å². The second kappa shape index (κ2) is 8.85. The van der Waals surface area contributed by atoms with Crippen LogP contribution in [-0.4, -0.2) is 70.1 Å². The Morgan fingerprint density at radius 2 is 1.91 bits per heavy atom. The molecule has 0 bridgehead atoms. The Morgan fingerprint density at radius 3 is 2.58 bits per heavy atom. The van der Waals surface area contributed by atoms with Gasteiger partial charge in [0, 0.05) is 6.42 Å². The molecule has 0 aromatic rings. The molecular weight excluding hydrogens is 424 g/mol. The normalized spacial score (nSPS) is 50.2. The average molecular weight is 465 g/mol. The van der Waals surface area contributed by atoms with Gasteiger partial charge in [0.2, 0.25) is 0 Å². The van der Waals surface area contributed by atoms with Gasteiger partial charge in [-0.3, -0.25) is 4.79 Å². The minimum atomic E-state index is -1.50. The number of ether oxygens (including phenoxy) is 2. The van der Waals surface area contributed by atoms with Crippen molar-refractivity contribution in [2.75, 3.05) is 13.2 Å². The van der Waals surface area contributed by atoms with Crippen molar-refractivity contribution in [3.8, 4) is 0 Å². The zero-order chi connectivity index (χ0) is 24.2. The van der Waals surface area contributed by atoms with Gasteiger partial charge in [-0.1, -0.05) is 38.5 Å². The number of allylic oxidation sites excluding steroid dienone is 3. The van der Waals surface area contributed by atoms with E-state index in [0.717, 1.165) is 32.1 Å². The third-order valence-corrected chi connectivity index (χ3v) is 9.45. The summed E-state index contributed by atoms with van der Waals surface area (Å²) in [5.41, 5.74) is 0.848. The molecular formula is C26H40O7. The maximum Gasteiger partial charge on any atom is 0.186 e. The third-order valence-electron chi connectivity index (χ3n) is 9.45. The molecule has 10 unspecified atom stereocenters. The quantitative estimate of drug-likeness (QED) is 0.461. The van der Waals surface area contributed by atoms with Crippen LogP contribution in [0.1, 0.15) is 59.3 Å². The van der Waals surface area contributed by atoms with Crippen LogP contribution in [0, 0.1) is 28.1 Å². The molecule has 2 saturated carbocycles. The van der Waals surface area contributed by atoms with Crippen molar-refractivity contribution >= 4 is 5.78 Å². The highest BCUT2D eigenvalue weighted by atomic mass is 16.7. The maximum absolute atomic E-state index is 13.3. The first-order valence-corrected chi connectivity index (χ1v) is 12.3. The largest absolute Gasteiger partial charge is 0.394 e. The van der Waals surface area contributed by atoms with Crippen LogP contribution in [-0.2, 0) is 14.3 Å². The van der Waals surface area contributed by atoms with Gasteiger partial charge in [0.25, 0.3) is 0 Å². The van der Waals surface area contributed by atoms with Crippen LogP contribution >= 0.6 is 0 Å². The Kier molecular flexibility index (Phi) is 6.71. The lowest BCUT2D eigenvalue weighted by atomic mass is 9.45. The molecule has 33 heavy (non-hydrogen) atoms. The number of rotatable bonds is 5. The SMILES string of the molecule is C=CC1(C)CCC2C(=CCC3C(C)(COC4OC(CO)C(O)C(O)C4O)C(=O)CCC23C)C1. The summed E-state index contributed by atoms with van der Waals surface area (Å²) < 4.78 is 11.4. The van der Waals surface area contributed by atoms with Gasteiger partial charge in [0.1, 0.15) is 30.2 Å². The van der Waals surface area contributed by atoms with Crippen LogP contribution in [0.4, 0.5) is 0 Å². The van der Waals surface area contributed by atoms with Crippen LogP contribution in [0.25, 0.3) is 0 Å². The molecule has 0 aromatic heterocycles. The van der Waals surface area contributed by atoms with E-state index in [4.69, 9.17) is 9.47 Å². The van der Waals surface area contributed by atoms with Crippen molar-refractivity contribution in [1.29, 1.82) is 0 Å². The van der Waals surface area contributed by atoms with Crippen LogP contribution in [0.5, 0.6) is 0 Å². The fourth-order valence-corrected chi connectivity index (χ4v) is 7.10. The lowest BCUT2D eigenvalue weighted by Gasteiger charge is -2.59. The fraction of sp³-hybridized carbons (Fsp3) is 0.808. The minimum absolute atomic E-state index is 0.0199. The summed E-state index contributed by atoms with van der Waals surface area (Å²) in [5.74, 6) is 0.681. The zero-order valence-electron chi connectivity index (χ0n) is 20.1. The maximum atomic E-state index is 13.3. The molecule has 1 saturated heterocycles. The van der Waals surface area contributed by atoms with Gasteiger partial charge < -0.3 is 29.9 Å². The van der Waals surface area contributed by atoms with E-state index in [1.165, 1.54) is 5.57 Å². The number of aliphatic hydroxyl groups excluding tert-OH is 4. The van der Waals surface area contributed by atoms with Gasteiger partial charge in [-0.2, -0.15) is 0 Å². The molecule has 186 valence electrons. The van der Waals surface area contributed by atoms with Crippen LogP contribution in [0.3, 0.4) is 0 Å². The summed E-state index contributed by atoms with van der Waals surface area (Å²) in [6.07, 6.45) is 3.11. The van der Waals surface area contributed by atoms with Gasteiger partial charge in [-0.05, 0) is 54.8 Å². The molecule has 4 N–H and O–H groups in total. The first-order chi connectivity index (χ1) is 15.5. The summed E-state index contributed by atoms with van der Waals surface area (Å²) in [5, 5.41) is 39.9. The van der Waals surface area contributed by atoms with E-state index in [1.54, 1.807) is 0 Å². The number of fused-ring (bicyclic) bond motifs is 3. The lowest BCUT2D eigenvalue weighted by molar-refractivity contribution is -0.307. The van der Waals surface area contributed by atoms with Crippen molar-refractivity contribution in [1.82, 2.24) is 0 Å². The first kappa shape index (κ1) is 25.0. The van der Waals surface area contributed by atoms with E-state index >= 15 is 0 Å². The predicted molar refractivity (Wildman–Crippen MR) is 122 cm³/mol. The van der Waals surface area contributed by atoms with Gasteiger partial charge in [0.15, 0.2) is 6.29 Å². The highest BCUT2D eigenvalue weighted by molar-refractivity contribution is 5.86. The molecule has 0 amide bonds. The smallest absolute Gasteiger partial charge is 0.186 e. The Morgan fingerprint density at radius 1 is 1.18 bits per heavy atom. The summed E-state index contributed by atoms with van der Waals surface area (Å²) in [4.78, 5) is 13.3. The van der Waals surface area contributed by atoms with Crippen LogP contribution in [0.2, 0.25) is 0 Å². The van der Waals surface area contributed by atoms with Crippen LogP contribution < -0.4 is 0 Å². The molecule has 10 atom stereocenters. The molecule has 4 rings (SSSR count). The predicted octanol–water partition coefficient (Wildman–Crippen LogP) is 2.12. The van der Waals surface area contributed by atoms with E-state index in [1.807, 2.05) is 6.92 Å². The number of aliphatic hydroxyl groups is 4. The number of ketones is 1. The second-order valence-electron chi connectivity index (χ2n) is 11.5. The van der Waals surface area contributed by atoms with E-state index in [2.05, 4.69) is 32.6 Å². The van der Waals surface area contributed by atoms with Gasteiger partial charge in [0.05, 0.1) is 18.6 Å². The summed E-state index contributed by atoms with van der Waals surface area (Å²) in [7, 11) is 0. The molecule has 1 aliphatic heterocycles. The number of Topliss-reactive ketones (excluding diaryl/α,β-unsaturated/α-hetero) is 1. The van der Waals surface area contributed by atoms with Crippen molar-refractivity contribution in [2.45, 2.75) is 90.0 Å². The van der Waals surface area contributed by atoms with E-state index in [9.17, 15) is 25.2 Å². The summed E-state index contributed by atoms with van der Waals surface area (Å²) >= 11 is 0. The number of carbonyl (C=O) groups excluding carboxylic acids is 1. The van der Waals surface area contributed by atoms with Gasteiger partial charge >= 0.3 is 0 Å². The molecule has 0 aromatic carbocycles. The zero-order valence-corrected chi connectivity index (χ0v) is 20.1. The van der Waals surface area contributed by atoms with Crippen LogP contribution in [0.15, 0.2) is 24.3 Å². The van der Waals surface area contributed by atoms with Gasteiger partial charge in [-0.25, -0.2) is 0 Å². The Bertz CT molecular complexity index is 808. The topological polar surface area (TPSA) is 116 Å². The highest BCUT2D eigenvalue weighted by Crippen LogP contribution is 2.63. The third kappa shape index (κ3) is 4.05. The average Bonchev–Trinajstić information content (AvgIpc) is 2.80. The molecule has 7 heteroatoms. The molecule has 0 spiro atoms.